The first-order valence-corrected chi connectivity index (χ1v) is 9.00. The Morgan fingerprint density at radius 2 is 2.12 bits per heavy atom. The molecule has 0 bridgehead atoms. The highest BCUT2D eigenvalue weighted by molar-refractivity contribution is 5.94. The largest absolute Gasteiger partial charge is 0.472 e. The molecule has 0 unspecified atom stereocenters. The third-order valence-corrected chi connectivity index (χ3v) is 4.88. The molecule has 8 nitrogen and oxygen atoms in total. The van der Waals surface area contributed by atoms with Crippen molar-refractivity contribution in [2.75, 3.05) is 26.2 Å². The number of ether oxygens (including phenoxy) is 1. The van der Waals surface area contributed by atoms with E-state index in [0.29, 0.717) is 37.6 Å². The standard InChI is InChI=1S/C18H22N4O4/c23-17(13-3-9-25-11-13)19-5-8-22-15-4-10-26-12-14(15)16(20-22)18(24)21-6-1-2-7-21/h3,9,11H,1-2,4-8,10,12H2,(H,19,23). The quantitative estimate of drug-likeness (QED) is 0.868. The van der Waals surface area contributed by atoms with Crippen LogP contribution in [0.5, 0.6) is 0 Å². The summed E-state index contributed by atoms with van der Waals surface area (Å²) in [5.41, 5.74) is 2.93. The van der Waals surface area contributed by atoms with Gasteiger partial charge in [0.1, 0.15) is 6.26 Å². The van der Waals surface area contributed by atoms with Gasteiger partial charge in [0.05, 0.1) is 31.6 Å². The van der Waals surface area contributed by atoms with Crippen LogP contribution in [0.1, 0.15) is 44.9 Å². The van der Waals surface area contributed by atoms with Crippen molar-refractivity contribution < 1.29 is 18.7 Å². The number of hydrogen-bond donors (Lipinski definition) is 1. The molecule has 26 heavy (non-hydrogen) atoms. The third-order valence-electron chi connectivity index (χ3n) is 4.88. The minimum atomic E-state index is -0.184. The van der Waals surface area contributed by atoms with Crippen LogP contribution in [0, 0.1) is 0 Å². The van der Waals surface area contributed by atoms with Gasteiger partial charge in [-0.3, -0.25) is 14.3 Å². The number of furan rings is 1. The topological polar surface area (TPSA) is 89.6 Å². The first kappa shape index (κ1) is 16.8. The lowest BCUT2D eigenvalue weighted by atomic mass is 10.1. The van der Waals surface area contributed by atoms with Crippen molar-refractivity contribution in [2.45, 2.75) is 32.4 Å². The highest BCUT2D eigenvalue weighted by atomic mass is 16.5. The summed E-state index contributed by atoms with van der Waals surface area (Å²) in [6.07, 6.45) is 5.70. The van der Waals surface area contributed by atoms with Gasteiger partial charge in [-0.15, -0.1) is 0 Å². The normalized spacial score (nSPS) is 16.5. The monoisotopic (exact) mass is 358 g/mol. The molecule has 0 aliphatic carbocycles. The average molecular weight is 358 g/mol. The minimum absolute atomic E-state index is 0.00886. The number of nitrogens with zero attached hydrogens (tertiary/aromatic N) is 3. The Hall–Kier alpha value is -2.61. The Morgan fingerprint density at radius 1 is 1.27 bits per heavy atom. The van der Waals surface area contributed by atoms with Gasteiger partial charge in [-0.2, -0.15) is 5.10 Å². The summed E-state index contributed by atoms with van der Waals surface area (Å²) in [6.45, 7) is 3.57. The van der Waals surface area contributed by atoms with Crippen molar-refractivity contribution in [3.63, 3.8) is 0 Å². The number of carbonyl (C=O) groups excluding carboxylic acids is 2. The average Bonchev–Trinajstić information content (AvgIpc) is 3.41. The van der Waals surface area contributed by atoms with E-state index in [0.717, 1.165) is 43.6 Å². The predicted molar refractivity (Wildman–Crippen MR) is 91.8 cm³/mol. The van der Waals surface area contributed by atoms with Gasteiger partial charge in [0.15, 0.2) is 5.69 Å². The summed E-state index contributed by atoms with van der Waals surface area (Å²) in [6, 6.07) is 1.62. The van der Waals surface area contributed by atoms with Crippen LogP contribution in [-0.2, 0) is 24.3 Å². The number of carbonyl (C=O) groups is 2. The van der Waals surface area contributed by atoms with Gasteiger partial charge in [-0.05, 0) is 18.9 Å². The Morgan fingerprint density at radius 3 is 2.88 bits per heavy atom. The summed E-state index contributed by atoms with van der Waals surface area (Å²) >= 11 is 0. The maximum Gasteiger partial charge on any atom is 0.274 e. The van der Waals surface area contributed by atoms with Gasteiger partial charge in [0.25, 0.3) is 11.8 Å². The molecule has 2 aromatic heterocycles. The van der Waals surface area contributed by atoms with Gasteiger partial charge < -0.3 is 19.4 Å². The second kappa shape index (κ2) is 7.33. The van der Waals surface area contributed by atoms with E-state index in [2.05, 4.69) is 10.4 Å². The molecule has 1 fully saturated rings. The molecule has 0 saturated carbocycles. The maximum absolute atomic E-state index is 12.8. The Bertz CT molecular complexity index is 790. The van der Waals surface area contributed by atoms with Crippen LogP contribution in [0.2, 0.25) is 0 Å². The second-order valence-corrected chi connectivity index (χ2v) is 6.57. The summed E-state index contributed by atoms with van der Waals surface area (Å²) in [5.74, 6) is -0.193. The van der Waals surface area contributed by atoms with E-state index in [1.807, 2.05) is 9.58 Å². The first-order chi connectivity index (χ1) is 12.7. The van der Waals surface area contributed by atoms with Gasteiger partial charge in [0, 0.05) is 37.3 Å². The Labute approximate surface area is 151 Å². The SMILES string of the molecule is O=C(NCCn1nc(C(=O)N2CCCC2)c2c1CCOC2)c1ccoc1. The van der Waals surface area contributed by atoms with Crippen molar-refractivity contribution >= 4 is 11.8 Å². The van der Waals surface area contributed by atoms with Gasteiger partial charge in [-0.1, -0.05) is 0 Å². The van der Waals surface area contributed by atoms with Crippen molar-refractivity contribution in [1.82, 2.24) is 20.0 Å². The molecule has 0 spiro atoms. The first-order valence-electron chi connectivity index (χ1n) is 9.00. The zero-order valence-corrected chi connectivity index (χ0v) is 14.6. The molecule has 0 aromatic carbocycles. The second-order valence-electron chi connectivity index (χ2n) is 6.57. The van der Waals surface area contributed by atoms with E-state index in [-0.39, 0.29) is 11.8 Å². The number of rotatable bonds is 5. The van der Waals surface area contributed by atoms with Crippen molar-refractivity contribution in [2.24, 2.45) is 0 Å². The Balaban J connectivity index is 1.47. The van der Waals surface area contributed by atoms with E-state index in [1.165, 1.54) is 12.5 Å². The molecule has 1 N–H and O–H groups in total. The summed E-state index contributed by atoms with van der Waals surface area (Å²) < 4.78 is 12.3. The van der Waals surface area contributed by atoms with E-state index in [9.17, 15) is 9.59 Å². The lowest BCUT2D eigenvalue weighted by Crippen LogP contribution is -2.29. The molecule has 0 atom stereocenters. The van der Waals surface area contributed by atoms with Crippen molar-refractivity contribution in [1.29, 1.82) is 0 Å². The molecule has 2 aliphatic rings. The fourth-order valence-electron chi connectivity index (χ4n) is 3.51. The fourth-order valence-corrected chi connectivity index (χ4v) is 3.51. The number of likely N-dealkylation sites (tertiary alicyclic amines) is 1. The maximum atomic E-state index is 12.8. The third kappa shape index (κ3) is 3.24. The van der Waals surface area contributed by atoms with E-state index >= 15 is 0 Å². The van der Waals surface area contributed by atoms with Crippen LogP contribution in [-0.4, -0.2) is 52.7 Å². The van der Waals surface area contributed by atoms with Crippen LogP contribution in [0.3, 0.4) is 0 Å². The molecular formula is C18H22N4O4. The smallest absolute Gasteiger partial charge is 0.274 e. The van der Waals surface area contributed by atoms with Crippen molar-refractivity contribution in [3.05, 3.63) is 41.1 Å². The van der Waals surface area contributed by atoms with Gasteiger partial charge in [0.2, 0.25) is 0 Å². The number of nitrogens with one attached hydrogen (secondary N) is 1. The predicted octanol–water partition coefficient (Wildman–Crippen LogP) is 1.21. The zero-order chi connectivity index (χ0) is 17.9. The minimum Gasteiger partial charge on any atom is -0.472 e. The molecule has 8 heteroatoms. The van der Waals surface area contributed by atoms with Gasteiger partial charge in [-0.25, -0.2) is 0 Å². The molecule has 0 radical (unpaired) electrons. The van der Waals surface area contributed by atoms with E-state index < -0.39 is 0 Å². The van der Waals surface area contributed by atoms with Crippen LogP contribution in [0.25, 0.3) is 0 Å². The highest BCUT2D eigenvalue weighted by Crippen LogP contribution is 2.23. The number of aromatic nitrogens is 2. The van der Waals surface area contributed by atoms with Crippen LogP contribution in [0.4, 0.5) is 0 Å². The zero-order valence-electron chi connectivity index (χ0n) is 14.6. The Kier molecular flexibility index (Phi) is 4.75. The summed E-state index contributed by atoms with van der Waals surface area (Å²) in [4.78, 5) is 26.6. The fraction of sp³-hybridized carbons (Fsp3) is 0.500. The molecular weight excluding hydrogens is 336 g/mol. The highest BCUT2D eigenvalue weighted by Gasteiger charge is 2.29. The van der Waals surface area contributed by atoms with E-state index in [1.54, 1.807) is 6.07 Å². The van der Waals surface area contributed by atoms with E-state index in [4.69, 9.17) is 9.15 Å². The van der Waals surface area contributed by atoms with Gasteiger partial charge >= 0.3 is 0 Å². The molecule has 4 rings (SSSR count). The molecule has 2 aliphatic heterocycles. The van der Waals surface area contributed by atoms with Crippen molar-refractivity contribution in [3.8, 4) is 0 Å². The number of hydrogen-bond acceptors (Lipinski definition) is 5. The molecule has 138 valence electrons. The molecule has 2 aromatic rings. The van der Waals surface area contributed by atoms with Crippen LogP contribution >= 0.6 is 0 Å². The molecule has 2 amide bonds. The lowest BCUT2D eigenvalue weighted by molar-refractivity contribution is 0.0772. The molecule has 4 heterocycles. The number of fused-ring (bicyclic) bond motifs is 1. The lowest BCUT2D eigenvalue weighted by Gasteiger charge is -2.17. The van der Waals surface area contributed by atoms with Crippen LogP contribution in [0.15, 0.2) is 23.0 Å². The summed E-state index contributed by atoms with van der Waals surface area (Å²) in [7, 11) is 0. The summed E-state index contributed by atoms with van der Waals surface area (Å²) in [5, 5.41) is 7.42. The van der Waals surface area contributed by atoms with Crippen LogP contribution < -0.4 is 5.32 Å². The number of amides is 2. The molecule has 1 saturated heterocycles.